The molecule has 1 amide bonds. The van der Waals surface area contributed by atoms with E-state index in [4.69, 9.17) is 10.4 Å². The highest BCUT2D eigenvalue weighted by atomic mass is 16.4. The highest BCUT2D eigenvalue weighted by molar-refractivity contribution is 6.06. The van der Waals surface area contributed by atoms with E-state index < -0.39 is 11.9 Å². The molecule has 0 aromatic heterocycles. The van der Waals surface area contributed by atoms with Crippen molar-refractivity contribution in [2.45, 2.75) is 0 Å². The molecular weight excluding hydrogens is 258 g/mol. The maximum absolute atomic E-state index is 11.8. The van der Waals surface area contributed by atoms with Gasteiger partial charge in [-0.3, -0.25) is 4.79 Å². The fourth-order valence-electron chi connectivity index (χ4n) is 1.29. The minimum Gasteiger partial charge on any atom is -0.478 e. The second-order valence-corrected chi connectivity index (χ2v) is 3.70. The fraction of sp³-hybridized carbons (Fsp3) is 0.0714. The Balaban J connectivity index is 2.74. The number of carboxylic acid groups (broad SMARTS) is 1. The van der Waals surface area contributed by atoms with Crippen LogP contribution in [0.3, 0.4) is 0 Å². The van der Waals surface area contributed by atoms with Crippen molar-refractivity contribution in [3.63, 3.8) is 0 Å². The lowest BCUT2D eigenvalue weighted by molar-refractivity contribution is -0.112. The van der Waals surface area contributed by atoms with Gasteiger partial charge in [0.05, 0.1) is 5.56 Å². The maximum Gasteiger partial charge on any atom is 0.335 e. The average molecular weight is 271 g/mol. The first-order valence-corrected chi connectivity index (χ1v) is 5.67. The van der Waals surface area contributed by atoms with Crippen molar-refractivity contribution in [2.24, 2.45) is 0 Å². The average Bonchev–Trinajstić information content (AvgIpc) is 2.44. The highest BCUT2D eigenvalue weighted by Gasteiger charge is 2.09. The van der Waals surface area contributed by atoms with E-state index in [0.717, 1.165) is 0 Å². The molecule has 0 saturated heterocycles. The molecule has 0 saturated carbocycles. The van der Waals surface area contributed by atoms with E-state index in [0.29, 0.717) is 12.2 Å². The summed E-state index contributed by atoms with van der Waals surface area (Å²) in [6.07, 6.45) is 2.89. The standard InChI is InChI=1S/C14H13N3O3/c1-2-7-16-9-11(8-15)13(18)17-12-5-3-10(4-6-12)14(19)20/h2-6,9,16H,1,7H2,(H,17,18)(H,19,20)/b11-9-. The molecule has 0 aliphatic heterocycles. The molecule has 1 rings (SSSR count). The number of carboxylic acids is 1. The molecular formula is C14H13N3O3. The number of nitrogens with one attached hydrogen (secondary N) is 2. The van der Waals surface area contributed by atoms with Crippen LogP contribution in [0.2, 0.25) is 0 Å². The normalized spacial score (nSPS) is 10.2. The SMILES string of the molecule is C=CCN/C=C(/C#N)C(=O)Nc1ccc(C(=O)O)cc1. The van der Waals surface area contributed by atoms with Crippen LogP contribution in [0.15, 0.2) is 48.7 Å². The minimum atomic E-state index is -1.05. The first-order valence-electron chi connectivity index (χ1n) is 5.67. The molecule has 0 aliphatic carbocycles. The molecule has 0 aliphatic rings. The summed E-state index contributed by atoms with van der Waals surface area (Å²) in [7, 11) is 0. The van der Waals surface area contributed by atoms with Crippen LogP contribution in [0.25, 0.3) is 0 Å². The molecule has 0 heterocycles. The van der Waals surface area contributed by atoms with Crippen LogP contribution in [-0.4, -0.2) is 23.5 Å². The maximum atomic E-state index is 11.8. The van der Waals surface area contributed by atoms with Gasteiger partial charge >= 0.3 is 5.97 Å². The molecule has 1 aromatic carbocycles. The van der Waals surface area contributed by atoms with Crippen LogP contribution < -0.4 is 10.6 Å². The smallest absolute Gasteiger partial charge is 0.335 e. The largest absolute Gasteiger partial charge is 0.478 e. The van der Waals surface area contributed by atoms with Crippen molar-refractivity contribution in [1.29, 1.82) is 5.26 Å². The Kier molecular flexibility index (Phi) is 5.53. The van der Waals surface area contributed by atoms with E-state index >= 15 is 0 Å². The number of aromatic carboxylic acids is 1. The number of anilines is 1. The van der Waals surface area contributed by atoms with Gasteiger partial charge in [-0.2, -0.15) is 5.26 Å². The fourth-order valence-corrected chi connectivity index (χ4v) is 1.29. The van der Waals surface area contributed by atoms with Gasteiger partial charge in [0.1, 0.15) is 11.6 Å². The highest BCUT2D eigenvalue weighted by Crippen LogP contribution is 2.10. The summed E-state index contributed by atoms with van der Waals surface area (Å²) in [5, 5.41) is 22.8. The third-order valence-electron chi connectivity index (χ3n) is 2.26. The third-order valence-corrected chi connectivity index (χ3v) is 2.26. The van der Waals surface area contributed by atoms with Gasteiger partial charge in [-0.1, -0.05) is 6.08 Å². The second kappa shape index (κ2) is 7.38. The van der Waals surface area contributed by atoms with Crippen molar-refractivity contribution in [2.75, 3.05) is 11.9 Å². The zero-order valence-electron chi connectivity index (χ0n) is 10.6. The summed E-state index contributed by atoms with van der Waals surface area (Å²) in [5.74, 6) is -1.62. The number of rotatable bonds is 6. The Morgan fingerprint density at radius 1 is 1.35 bits per heavy atom. The zero-order valence-corrected chi connectivity index (χ0v) is 10.6. The van der Waals surface area contributed by atoms with Crippen LogP contribution in [0, 0.1) is 11.3 Å². The Morgan fingerprint density at radius 2 is 2.00 bits per heavy atom. The zero-order chi connectivity index (χ0) is 15.0. The van der Waals surface area contributed by atoms with Crippen molar-refractivity contribution >= 4 is 17.6 Å². The van der Waals surface area contributed by atoms with Gasteiger partial charge in [0.15, 0.2) is 0 Å². The Bertz CT molecular complexity index is 583. The van der Waals surface area contributed by atoms with Gasteiger partial charge in [-0.05, 0) is 24.3 Å². The number of hydrogen-bond donors (Lipinski definition) is 3. The van der Waals surface area contributed by atoms with E-state index in [-0.39, 0.29) is 11.1 Å². The quantitative estimate of drug-likeness (QED) is 0.315. The molecule has 6 nitrogen and oxygen atoms in total. The van der Waals surface area contributed by atoms with Gasteiger partial charge < -0.3 is 15.7 Å². The van der Waals surface area contributed by atoms with Crippen molar-refractivity contribution in [1.82, 2.24) is 5.32 Å². The third kappa shape index (κ3) is 4.31. The number of hydrogen-bond acceptors (Lipinski definition) is 4. The summed E-state index contributed by atoms with van der Waals surface area (Å²) < 4.78 is 0. The van der Waals surface area contributed by atoms with E-state index in [9.17, 15) is 9.59 Å². The van der Waals surface area contributed by atoms with Gasteiger partial charge in [0, 0.05) is 18.4 Å². The lowest BCUT2D eigenvalue weighted by atomic mass is 10.2. The van der Waals surface area contributed by atoms with E-state index in [1.807, 2.05) is 0 Å². The molecule has 3 N–H and O–H groups in total. The first kappa shape index (κ1) is 15.0. The van der Waals surface area contributed by atoms with Crippen molar-refractivity contribution in [3.05, 3.63) is 54.3 Å². The topological polar surface area (TPSA) is 102 Å². The number of nitrogens with zero attached hydrogens (tertiary/aromatic N) is 1. The lowest BCUT2D eigenvalue weighted by Crippen LogP contribution is -2.16. The molecule has 102 valence electrons. The predicted octanol–water partition coefficient (Wildman–Crippen LogP) is 1.51. The molecule has 0 atom stereocenters. The molecule has 0 fully saturated rings. The lowest BCUT2D eigenvalue weighted by Gasteiger charge is -2.04. The van der Waals surface area contributed by atoms with E-state index in [1.54, 1.807) is 12.1 Å². The summed E-state index contributed by atoms with van der Waals surface area (Å²) in [6, 6.07) is 7.40. The molecule has 6 heteroatoms. The van der Waals surface area contributed by atoms with Gasteiger partial charge in [0.25, 0.3) is 5.91 Å². The Hall–Kier alpha value is -3.07. The molecule has 0 spiro atoms. The van der Waals surface area contributed by atoms with Crippen LogP contribution in [0.1, 0.15) is 10.4 Å². The Labute approximate surface area is 116 Å². The molecule has 0 radical (unpaired) electrons. The van der Waals surface area contributed by atoms with Gasteiger partial charge in [-0.25, -0.2) is 4.79 Å². The summed E-state index contributed by atoms with van der Waals surface area (Å²) in [5.41, 5.74) is 0.436. The number of amides is 1. The molecule has 1 aromatic rings. The van der Waals surface area contributed by atoms with Crippen LogP contribution in [0.4, 0.5) is 5.69 Å². The van der Waals surface area contributed by atoms with Crippen LogP contribution >= 0.6 is 0 Å². The van der Waals surface area contributed by atoms with Crippen molar-refractivity contribution < 1.29 is 14.7 Å². The van der Waals surface area contributed by atoms with Crippen LogP contribution in [0.5, 0.6) is 0 Å². The number of benzene rings is 1. The predicted molar refractivity (Wildman–Crippen MR) is 73.9 cm³/mol. The van der Waals surface area contributed by atoms with E-state index in [1.165, 1.54) is 30.5 Å². The minimum absolute atomic E-state index is 0.0887. The summed E-state index contributed by atoms with van der Waals surface area (Å²) in [6.45, 7) is 3.93. The number of carbonyl (C=O) groups excluding carboxylic acids is 1. The summed E-state index contributed by atoms with van der Waals surface area (Å²) >= 11 is 0. The Morgan fingerprint density at radius 3 is 2.50 bits per heavy atom. The number of nitriles is 1. The van der Waals surface area contributed by atoms with Gasteiger partial charge in [0.2, 0.25) is 0 Å². The first-order chi connectivity index (χ1) is 9.58. The number of carbonyl (C=O) groups is 2. The summed E-state index contributed by atoms with van der Waals surface area (Å²) in [4.78, 5) is 22.5. The van der Waals surface area contributed by atoms with Crippen LogP contribution in [-0.2, 0) is 4.79 Å². The monoisotopic (exact) mass is 271 g/mol. The van der Waals surface area contributed by atoms with E-state index in [2.05, 4.69) is 17.2 Å². The van der Waals surface area contributed by atoms with Gasteiger partial charge in [-0.15, -0.1) is 6.58 Å². The second-order valence-electron chi connectivity index (χ2n) is 3.70. The molecule has 20 heavy (non-hydrogen) atoms. The van der Waals surface area contributed by atoms with Crippen molar-refractivity contribution in [3.8, 4) is 6.07 Å². The molecule has 0 bridgehead atoms. The molecule has 0 unspecified atom stereocenters.